The molecule has 8 heteroatoms. The van der Waals surface area contributed by atoms with Crippen molar-refractivity contribution in [3.05, 3.63) is 31.3 Å². The zero-order chi connectivity index (χ0) is 20.0. The zero-order valence-electron chi connectivity index (χ0n) is 15.7. The van der Waals surface area contributed by atoms with Crippen LogP contribution in [0.15, 0.2) is 9.59 Å². The number of fused-ring (bicyclic) bond motifs is 1. The first kappa shape index (κ1) is 20.5. The van der Waals surface area contributed by atoms with Crippen LogP contribution in [0.3, 0.4) is 0 Å². The van der Waals surface area contributed by atoms with Crippen LogP contribution in [0.1, 0.15) is 29.1 Å². The Balaban J connectivity index is 2.72. The van der Waals surface area contributed by atoms with E-state index in [9.17, 15) is 14.4 Å². The van der Waals surface area contributed by atoms with Crippen LogP contribution in [0.4, 0.5) is 0 Å². The summed E-state index contributed by atoms with van der Waals surface area (Å²) >= 11 is 1.06. The van der Waals surface area contributed by atoms with Gasteiger partial charge in [-0.3, -0.25) is 9.36 Å². The summed E-state index contributed by atoms with van der Waals surface area (Å²) in [7, 11) is 1.53. The second-order valence-electron chi connectivity index (χ2n) is 5.48. The molecule has 27 heavy (non-hydrogen) atoms. The molecule has 0 spiro atoms. The molecule has 0 fully saturated rings. The molecule has 142 valence electrons. The van der Waals surface area contributed by atoms with Crippen LogP contribution in [-0.4, -0.2) is 35.4 Å². The lowest BCUT2D eigenvalue weighted by molar-refractivity contribution is 0.0561. The highest BCUT2D eigenvalue weighted by Crippen LogP contribution is 2.28. The highest BCUT2D eigenvalue weighted by atomic mass is 32.1. The summed E-state index contributed by atoms with van der Waals surface area (Å²) in [6, 6.07) is 0. The average Bonchev–Trinajstić information content (AvgIpc) is 2.99. The van der Waals surface area contributed by atoms with Gasteiger partial charge in [0.1, 0.15) is 9.71 Å². The van der Waals surface area contributed by atoms with Crippen LogP contribution in [0.2, 0.25) is 0 Å². The molecule has 0 saturated heterocycles. The van der Waals surface area contributed by atoms with Gasteiger partial charge in [-0.05, 0) is 26.3 Å². The van der Waals surface area contributed by atoms with Gasteiger partial charge in [0.2, 0.25) is 0 Å². The largest absolute Gasteiger partial charge is 0.448 e. The van der Waals surface area contributed by atoms with E-state index < -0.39 is 17.2 Å². The molecule has 0 aromatic carbocycles. The molecule has 0 aliphatic rings. The zero-order valence-corrected chi connectivity index (χ0v) is 16.5. The van der Waals surface area contributed by atoms with Crippen molar-refractivity contribution in [3.8, 4) is 23.7 Å². The fourth-order valence-electron chi connectivity index (χ4n) is 2.51. The third-order valence-electron chi connectivity index (χ3n) is 3.86. The second kappa shape index (κ2) is 9.22. The van der Waals surface area contributed by atoms with Crippen molar-refractivity contribution in [1.82, 2.24) is 9.13 Å². The summed E-state index contributed by atoms with van der Waals surface area (Å²) in [5.41, 5.74) is -0.461. The number of aryl methyl sites for hydroxylation is 1. The van der Waals surface area contributed by atoms with E-state index in [-0.39, 0.29) is 31.2 Å². The lowest BCUT2D eigenvalue weighted by Crippen LogP contribution is -2.40. The quantitative estimate of drug-likeness (QED) is 0.552. The summed E-state index contributed by atoms with van der Waals surface area (Å²) in [5.74, 6) is 10.2. The third-order valence-corrected chi connectivity index (χ3v) is 5.16. The first-order valence-corrected chi connectivity index (χ1v) is 9.01. The minimum atomic E-state index is -0.568. The summed E-state index contributed by atoms with van der Waals surface area (Å²) in [5, 5.41) is 0.321. The number of esters is 1. The summed E-state index contributed by atoms with van der Waals surface area (Å²) in [4.78, 5) is 38.7. The number of carbonyl (C=O) groups is 1. The second-order valence-corrected chi connectivity index (χ2v) is 6.48. The van der Waals surface area contributed by atoms with Gasteiger partial charge in [-0.15, -0.1) is 23.2 Å². The molecule has 0 amide bonds. The van der Waals surface area contributed by atoms with E-state index in [1.54, 1.807) is 20.8 Å². The molecule has 0 saturated carbocycles. The predicted molar refractivity (Wildman–Crippen MR) is 104 cm³/mol. The first-order chi connectivity index (χ1) is 13.0. The number of ether oxygens (including phenoxy) is 2. The van der Waals surface area contributed by atoms with Crippen LogP contribution in [0.25, 0.3) is 10.2 Å². The van der Waals surface area contributed by atoms with E-state index in [2.05, 4.69) is 23.7 Å². The molecule has 0 unspecified atom stereocenters. The van der Waals surface area contributed by atoms with E-state index >= 15 is 0 Å². The van der Waals surface area contributed by atoms with Crippen molar-refractivity contribution in [3.63, 3.8) is 0 Å². The Morgan fingerprint density at radius 1 is 1.15 bits per heavy atom. The first-order valence-electron chi connectivity index (χ1n) is 8.19. The Morgan fingerprint density at radius 3 is 2.48 bits per heavy atom. The Hall–Kier alpha value is -2.81. The van der Waals surface area contributed by atoms with E-state index in [1.807, 2.05) is 0 Å². The highest BCUT2D eigenvalue weighted by molar-refractivity contribution is 7.20. The van der Waals surface area contributed by atoms with Crippen LogP contribution in [-0.2, 0) is 22.6 Å². The van der Waals surface area contributed by atoms with Gasteiger partial charge < -0.3 is 9.47 Å². The van der Waals surface area contributed by atoms with Gasteiger partial charge in [-0.1, -0.05) is 11.8 Å². The molecule has 0 aliphatic heterocycles. The van der Waals surface area contributed by atoms with Crippen molar-refractivity contribution in [2.24, 2.45) is 0 Å². The monoisotopic (exact) mass is 388 g/mol. The minimum Gasteiger partial charge on any atom is -0.448 e. The summed E-state index contributed by atoms with van der Waals surface area (Å²) in [6.07, 6.45) is 0. The lowest BCUT2D eigenvalue weighted by Gasteiger charge is -2.10. The van der Waals surface area contributed by atoms with Crippen LogP contribution < -0.4 is 11.2 Å². The number of hydrogen-bond acceptors (Lipinski definition) is 6. The van der Waals surface area contributed by atoms with E-state index in [4.69, 9.17) is 9.47 Å². The number of aromatic nitrogens is 2. The van der Waals surface area contributed by atoms with Gasteiger partial charge in [0.25, 0.3) is 5.56 Å². The Labute approximate surface area is 160 Å². The Morgan fingerprint density at radius 2 is 1.85 bits per heavy atom. The predicted octanol–water partition coefficient (Wildman–Crippen LogP) is 1.38. The van der Waals surface area contributed by atoms with Crippen LogP contribution in [0, 0.1) is 30.6 Å². The normalized spacial score (nSPS) is 10.1. The van der Waals surface area contributed by atoms with E-state index in [0.29, 0.717) is 15.8 Å². The molecule has 2 heterocycles. The Bertz CT molecular complexity index is 1100. The molecular weight excluding hydrogens is 368 g/mol. The van der Waals surface area contributed by atoms with Crippen molar-refractivity contribution >= 4 is 27.5 Å². The number of rotatable bonds is 6. The molecule has 0 bridgehead atoms. The molecule has 7 nitrogen and oxygen atoms in total. The summed E-state index contributed by atoms with van der Waals surface area (Å²) < 4.78 is 12.7. The van der Waals surface area contributed by atoms with E-state index in [0.717, 1.165) is 15.9 Å². The lowest BCUT2D eigenvalue weighted by atomic mass is 10.2. The smallest absolute Gasteiger partial charge is 0.349 e. The van der Waals surface area contributed by atoms with E-state index in [1.165, 1.54) is 11.7 Å². The van der Waals surface area contributed by atoms with Crippen LogP contribution >= 0.6 is 11.3 Å². The van der Waals surface area contributed by atoms with Gasteiger partial charge in [-0.2, -0.15) is 0 Å². The standard InChI is InChI=1S/C19H20N2O5S/c1-5-7-9-20-16(22)14-13(3)15(18(23)26-11-8-6-2)27-17(14)21(19(20)24)10-12-25-4/h9-12H2,1-4H3. The number of methoxy groups -OCH3 is 1. The molecule has 0 N–H and O–H groups in total. The van der Waals surface area contributed by atoms with Gasteiger partial charge >= 0.3 is 11.7 Å². The van der Waals surface area contributed by atoms with Crippen molar-refractivity contribution < 1.29 is 14.3 Å². The van der Waals surface area contributed by atoms with Gasteiger partial charge in [0.05, 0.1) is 25.1 Å². The van der Waals surface area contributed by atoms with Gasteiger partial charge in [0, 0.05) is 7.11 Å². The molecule has 0 atom stereocenters. The molecule has 0 aliphatic carbocycles. The molecular formula is C19H20N2O5S. The fourth-order valence-corrected chi connectivity index (χ4v) is 3.72. The van der Waals surface area contributed by atoms with Crippen molar-refractivity contribution in [1.29, 1.82) is 0 Å². The van der Waals surface area contributed by atoms with Crippen molar-refractivity contribution in [2.75, 3.05) is 20.3 Å². The number of thiophene rings is 1. The van der Waals surface area contributed by atoms with Gasteiger partial charge in [-0.25, -0.2) is 14.2 Å². The molecule has 0 radical (unpaired) electrons. The third kappa shape index (κ3) is 4.13. The Kier molecular flexibility index (Phi) is 7.00. The molecule has 2 rings (SSSR count). The average molecular weight is 388 g/mol. The maximum atomic E-state index is 12.9. The maximum Gasteiger partial charge on any atom is 0.349 e. The number of carbonyl (C=O) groups excluding carboxylic acids is 1. The fraction of sp³-hybridized carbons (Fsp3) is 0.421. The van der Waals surface area contributed by atoms with Crippen LogP contribution in [0.5, 0.6) is 0 Å². The maximum absolute atomic E-state index is 12.9. The molecule has 2 aromatic heterocycles. The number of nitrogens with zero attached hydrogens (tertiary/aromatic N) is 2. The topological polar surface area (TPSA) is 79.5 Å². The highest BCUT2D eigenvalue weighted by Gasteiger charge is 2.23. The number of hydrogen-bond donors (Lipinski definition) is 0. The van der Waals surface area contributed by atoms with Gasteiger partial charge in [0.15, 0.2) is 6.61 Å². The SMILES string of the molecule is CC#CCOC(=O)c1sc2c(c1C)c(=O)n(CC#CC)c(=O)n2CCOC. The van der Waals surface area contributed by atoms with Crippen molar-refractivity contribution in [2.45, 2.75) is 33.9 Å². The minimum absolute atomic E-state index is 0.0156. The molecule has 2 aromatic rings. The summed E-state index contributed by atoms with van der Waals surface area (Å²) in [6.45, 7) is 5.44.